The van der Waals surface area contributed by atoms with Crippen molar-refractivity contribution in [3.05, 3.63) is 0 Å². The fourth-order valence-corrected chi connectivity index (χ4v) is 0.884. The summed E-state index contributed by atoms with van der Waals surface area (Å²) >= 11 is 0. The topological polar surface area (TPSA) is 46.5 Å². The summed E-state index contributed by atoms with van der Waals surface area (Å²) in [7, 11) is 0. The Bertz CT molecular complexity index is 195. The number of carbonyl (C=O) groups excluding carboxylic acids is 1. The first-order chi connectivity index (χ1) is 6.92. The maximum absolute atomic E-state index is 12.5. The van der Waals surface area contributed by atoms with E-state index in [1.54, 1.807) is 0 Å². The van der Waals surface area contributed by atoms with Crippen LogP contribution in [-0.4, -0.2) is 30.0 Å². The number of hydrogen-bond acceptors (Lipinski definition) is 3. The second-order valence-electron chi connectivity index (χ2n) is 3.17. The van der Waals surface area contributed by atoms with Gasteiger partial charge in [0.15, 0.2) is 0 Å². The summed E-state index contributed by atoms with van der Waals surface area (Å²) in [5.41, 5.74) is 0. The van der Waals surface area contributed by atoms with Crippen molar-refractivity contribution in [1.82, 2.24) is 0 Å². The van der Waals surface area contributed by atoms with Crippen LogP contribution in [0.2, 0.25) is 0 Å². The van der Waals surface area contributed by atoms with Gasteiger partial charge in [-0.15, -0.1) is 0 Å². The summed E-state index contributed by atoms with van der Waals surface area (Å²) in [6.45, 7) is 1.82. The molecule has 15 heavy (non-hydrogen) atoms. The van der Waals surface area contributed by atoms with Gasteiger partial charge in [-0.2, -0.15) is 4.39 Å². The summed E-state index contributed by atoms with van der Waals surface area (Å²) in [4.78, 5) is 10.6. The van der Waals surface area contributed by atoms with Crippen LogP contribution in [0.25, 0.3) is 0 Å². The Labute approximate surface area is 86.2 Å². The van der Waals surface area contributed by atoms with Gasteiger partial charge in [0.2, 0.25) is 0 Å². The summed E-state index contributed by atoms with van der Waals surface area (Å²) in [6, 6.07) is 0. The van der Waals surface area contributed by atoms with Gasteiger partial charge in [0.25, 0.3) is 0 Å². The molecule has 0 aliphatic rings. The van der Waals surface area contributed by atoms with E-state index >= 15 is 0 Å². The normalized spacial score (nSPS) is 15.1. The second kappa shape index (κ2) is 6.66. The first-order valence-corrected chi connectivity index (χ1v) is 4.79. The third-order valence-electron chi connectivity index (χ3n) is 1.81. The number of carbonyl (C=O) groups is 1. The zero-order valence-corrected chi connectivity index (χ0v) is 8.51. The Balaban J connectivity index is 3.74. The van der Waals surface area contributed by atoms with Crippen molar-refractivity contribution in [2.45, 2.75) is 44.9 Å². The van der Waals surface area contributed by atoms with Crippen LogP contribution in [0.3, 0.4) is 0 Å². The first kappa shape index (κ1) is 14.2. The molecule has 0 radical (unpaired) electrons. The standard InChI is InChI=1S/C9H15F3O3/c1-2-3-4-5-6-15-8(13)9(12,14)7(10)11/h7,14H,2-6H2,1H3. The minimum atomic E-state index is -4.19. The van der Waals surface area contributed by atoms with Crippen molar-refractivity contribution in [2.24, 2.45) is 0 Å². The maximum atomic E-state index is 12.5. The number of halogens is 3. The van der Waals surface area contributed by atoms with Crippen molar-refractivity contribution >= 4 is 5.97 Å². The van der Waals surface area contributed by atoms with Crippen LogP contribution in [0.1, 0.15) is 32.6 Å². The van der Waals surface area contributed by atoms with Gasteiger partial charge >= 0.3 is 18.2 Å². The molecular weight excluding hydrogens is 213 g/mol. The zero-order valence-electron chi connectivity index (χ0n) is 8.51. The zero-order chi connectivity index (χ0) is 11.9. The smallest absolute Gasteiger partial charge is 0.378 e. The minimum absolute atomic E-state index is 0.155. The first-order valence-electron chi connectivity index (χ1n) is 4.79. The molecule has 0 saturated heterocycles. The molecule has 0 aliphatic heterocycles. The van der Waals surface area contributed by atoms with Crippen molar-refractivity contribution < 1.29 is 27.8 Å². The lowest BCUT2D eigenvalue weighted by molar-refractivity contribution is -0.218. The number of rotatable bonds is 7. The van der Waals surface area contributed by atoms with E-state index in [4.69, 9.17) is 5.11 Å². The Hall–Kier alpha value is -0.780. The third kappa shape index (κ3) is 5.01. The minimum Gasteiger partial charge on any atom is -0.461 e. The highest BCUT2D eigenvalue weighted by atomic mass is 19.3. The molecule has 0 rings (SSSR count). The number of esters is 1. The monoisotopic (exact) mass is 228 g/mol. The largest absolute Gasteiger partial charge is 0.461 e. The van der Waals surface area contributed by atoms with Gasteiger partial charge in [0, 0.05) is 0 Å². The average Bonchev–Trinajstić information content (AvgIpc) is 2.16. The van der Waals surface area contributed by atoms with Gasteiger partial charge in [-0.1, -0.05) is 26.2 Å². The summed E-state index contributed by atoms with van der Waals surface area (Å²) in [5, 5.41) is 8.37. The lowest BCUT2D eigenvalue weighted by Gasteiger charge is -2.15. The quantitative estimate of drug-likeness (QED) is 0.535. The SMILES string of the molecule is CCCCCCOC(=O)C(O)(F)C(F)F. The summed E-state index contributed by atoms with van der Waals surface area (Å²) in [5.74, 6) is -6.11. The molecule has 1 unspecified atom stereocenters. The van der Waals surface area contributed by atoms with Crippen LogP contribution < -0.4 is 0 Å². The van der Waals surface area contributed by atoms with E-state index in [0.717, 1.165) is 19.3 Å². The maximum Gasteiger partial charge on any atom is 0.378 e. The number of ether oxygens (including phenoxy) is 1. The Kier molecular flexibility index (Phi) is 6.31. The van der Waals surface area contributed by atoms with E-state index in [1.807, 2.05) is 6.92 Å². The molecule has 1 atom stereocenters. The van der Waals surface area contributed by atoms with E-state index in [9.17, 15) is 18.0 Å². The van der Waals surface area contributed by atoms with E-state index in [0.29, 0.717) is 6.42 Å². The fourth-order valence-electron chi connectivity index (χ4n) is 0.884. The Morgan fingerprint density at radius 2 is 2.00 bits per heavy atom. The highest BCUT2D eigenvalue weighted by molar-refractivity contribution is 5.77. The number of hydrogen-bond donors (Lipinski definition) is 1. The Morgan fingerprint density at radius 3 is 2.47 bits per heavy atom. The van der Waals surface area contributed by atoms with Crippen molar-refractivity contribution in [3.8, 4) is 0 Å². The second-order valence-corrected chi connectivity index (χ2v) is 3.17. The molecule has 0 aliphatic carbocycles. The molecule has 0 heterocycles. The van der Waals surface area contributed by atoms with Gasteiger partial charge in [0.1, 0.15) is 0 Å². The molecule has 0 spiro atoms. The van der Waals surface area contributed by atoms with Crippen molar-refractivity contribution in [2.75, 3.05) is 6.61 Å². The van der Waals surface area contributed by atoms with E-state index in [2.05, 4.69) is 4.74 Å². The molecule has 6 heteroatoms. The van der Waals surface area contributed by atoms with Crippen LogP contribution in [-0.2, 0) is 9.53 Å². The van der Waals surface area contributed by atoms with Crippen LogP contribution in [0.4, 0.5) is 13.2 Å². The van der Waals surface area contributed by atoms with Crippen molar-refractivity contribution in [1.29, 1.82) is 0 Å². The molecule has 0 saturated carbocycles. The third-order valence-corrected chi connectivity index (χ3v) is 1.81. The predicted octanol–water partition coefficient (Wildman–Crippen LogP) is 2.03. The average molecular weight is 228 g/mol. The van der Waals surface area contributed by atoms with E-state index in [1.165, 1.54) is 0 Å². The molecule has 3 nitrogen and oxygen atoms in total. The molecule has 0 aromatic carbocycles. The molecule has 1 N–H and O–H groups in total. The summed E-state index contributed by atoms with van der Waals surface area (Å²) < 4.78 is 40.2. The van der Waals surface area contributed by atoms with Gasteiger partial charge in [-0.25, -0.2) is 13.6 Å². The van der Waals surface area contributed by atoms with Crippen LogP contribution >= 0.6 is 0 Å². The molecule has 0 bridgehead atoms. The Morgan fingerprint density at radius 1 is 1.40 bits per heavy atom. The molecule has 90 valence electrons. The highest BCUT2D eigenvalue weighted by Crippen LogP contribution is 2.19. The van der Waals surface area contributed by atoms with Gasteiger partial charge in [0.05, 0.1) is 6.61 Å². The predicted molar refractivity (Wildman–Crippen MR) is 47.2 cm³/mol. The van der Waals surface area contributed by atoms with Crippen LogP contribution in [0.5, 0.6) is 0 Å². The van der Waals surface area contributed by atoms with Crippen LogP contribution in [0, 0.1) is 0 Å². The van der Waals surface area contributed by atoms with Crippen LogP contribution in [0.15, 0.2) is 0 Å². The molecule has 0 amide bonds. The number of unbranched alkanes of at least 4 members (excludes halogenated alkanes) is 3. The molecule has 0 fully saturated rings. The molecule has 0 aromatic heterocycles. The highest BCUT2D eigenvalue weighted by Gasteiger charge is 2.48. The summed E-state index contributed by atoms with van der Waals surface area (Å²) in [6.07, 6.45) is -0.660. The van der Waals surface area contributed by atoms with Gasteiger partial charge < -0.3 is 9.84 Å². The number of aliphatic hydroxyl groups is 1. The lowest BCUT2D eigenvalue weighted by atomic mass is 10.2. The van der Waals surface area contributed by atoms with E-state index < -0.39 is 18.2 Å². The van der Waals surface area contributed by atoms with Gasteiger partial charge in [-0.05, 0) is 6.42 Å². The molecular formula is C9H15F3O3. The fraction of sp³-hybridized carbons (Fsp3) is 0.889. The van der Waals surface area contributed by atoms with Crippen molar-refractivity contribution in [3.63, 3.8) is 0 Å². The van der Waals surface area contributed by atoms with Gasteiger partial charge in [-0.3, -0.25) is 0 Å². The lowest BCUT2D eigenvalue weighted by Crippen LogP contribution is -2.42. The van der Waals surface area contributed by atoms with E-state index in [-0.39, 0.29) is 6.61 Å². The number of alkyl halides is 3. The molecule has 0 aromatic rings.